The van der Waals surface area contributed by atoms with E-state index in [1.54, 1.807) is 13.3 Å². The van der Waals surface area contributed by atoms with Crippen LogP contribution in [0.5, 0.6) is 0 Å². The lowest BCUT2D eigenvalue weighted by molar-refractivity contribution is -0.0946. The molecule has 4 heteroatoms. The van der Waals surface area contributed by atoms with Crippen molar-refractivity contribution in [2.75, 3.05) is 7.11 Å². The van der Waals surface area contributed by atoms with Gasteiger partial charge < -0.3 is 9.84 Å². The highest BCUT2D eigenvalue weighted by Gasteiger charge is 2.30. The maximum absolute atomic E-state index is 10.1. The molecule has 2 unspecified atom stereocenters. The number of methoxy groups -OCH3 is 1. The third-order valence-electron chi connectivity index (χ3n) is 3.47. The summed E-state index contributed by atoms with van der Waals surface area (Å²) < 4.78 is 7.21. The lowest BCUT2D eigenvalue weighted by atomic mass is 9.92. The van der Waals surface area contributed by atoms with Gasteiger partial charge in [0.15, 0.2) is 0 Å². The van der Waals surface area contributed by atoms with Crippen LogP contribution < -0.4 is 0 Å². The zero-order chi connectivity index (χ0) is 12.2. The first-order valence-electron chi connectivity index (χ1n) is 5.73. The van der Waals surface area contributed by atoms with Gasteiger partial charge in [0.2, 0.25) is 0 Å². The SMILES string of the molecule is CCC(C)(OC)C(O)CCc1ccnn1C. The molecule has 1 aromatic heterocycles. The Bertz CT molecular complexity index is 319. The minimum absolute atomic E-state index is 0.446. The van der Waals surface area contributed by atoms with Crippen molar-refractivity contribution in [2.24, 2.45) is 7.05 Å². The highest BCUT2D eigenvalue weighted by molar-refractivity contribution is 5.01. The Morgan fingerprint density at radius 3 is 2.75 bits per heavy atom. The summed E-state index contributed by atoms with van der Waals surface area (Å²) in [5.41, 5.74) is 0.687. The van der Waals surface area contributed by atoms with E-state index in [4.69, 9.17) is 4.74 Å². The first-order valence-corrected chi connectivity index (χ1v) is 5.73. The number of rotatable bonds is 6. The number of aliphatic hydroxyl groups is 1. The molecule has 0 spiro atoms. The van der Waals surface area contributed by atoms with Crippen LogP contribution in [0.2, 0.25) is 0 Å². The van der Waals surface area contributed by atoms with Crippen molar-refractivity contribution in [1.29, 1.82) is 0 Å². The van der Waals surface area contributed by atoms with Gasteiger partial charge >= 0.3 is 0 Å². The smallest absolute Gasteiger partial charge is 0.0905 e. The zero-order valence-corrected chi connectivity index (χ0v) is 10.6. The average Bonchev–Trinajstić information content (AvgIpc) is 2.70. The van der Waals surface area contributed by atoms with Crippen molar-refractivity contribution in [3.8, 4) is 0 Å². The largest absolute Gasteiger partial charge is 0.390 e. The van der Waals surface area contributed by atoms with Crippen molar-refractivity contribution < 1.29 is 9.84 Å². The Labute approximate surface area is 97.2 Å². The monoisotopic (exact) mass is 226 g/mol. The van der Waals surface area contributed by atoms with Crippen LogP contribution in [-0.4, -0.2) is 33.7 Å². The van der Waals surface area contributed by atoms with E-state index in [0.29, 0.717) is 6.42 Å². The molecule has 0 radical (unpaired) electrons. The summed E-state index contributed by atoms with van der Waals surface area (Å²) in [6, 6.07) is 1.98. The van der Waals surface area contributed by atoms with Gasteiger partial charge in [-0.25, -0.2) is 0 Å². The topological polar surface area (TPSA) is 47.3 Å². The summed E-state index contributed by atoms with van der Waals surface area (Å²) in [7, 11) is 3.56. The summed E-state index contributed by atoms with van der Waals surface area (Å²) >= 11 is 0. The van der Waals surface area contributed by atoms with Gasteiger partial charge in [0.25, 0.3) is 0 Å². The molecule has 0 aliphatic rings. The van der Waals surface area contributed by atoms with Gasteiger partial charge in [0, 0.05) is 26.0 Å². The van der Waals surface area contributed by atoms with Gasteiger partial charge in [-0.2, -0.15) is 5.10 Å². The van der Waals surface area contributed by atoms with Crippen LogP contribution in [0.4, 0.5) is 0 Å². The van der Waals surface area contributed by atoms with Crippen LogP contribution in [0.25, 0.3) is 0 Å². The molecule has 1 aromatic rings. The fourth-order valence-electron chi connectivity index (χ4n) is 1.75. The third kappa shape index (κ3) is 2.83. The molecule has 16 heavy (non-hydrogen) atoms. The van der Waals surface area contributed by atoms with E-state index >= 15 is 0 Å². The lowest BCUT2D eigenvalue weighted by Crippen LogP contribution is -2.41. The maximum atomic E-state index is 10.1. The molecule has 92 valence electrons. The fourth-order valence-corrected chi connectivity index (χ4v) is 1.75. The van der Waals surface area contributed by atoms with Crippen molar-refractivity contribution in [3.05, 3.63) is 18.0 Å². The number of hydrogen-bond donors (Lipinski definition) is 1. The van der Waals surface area contributed by atoms with E-state index in [9.17, 15) is 5.11 Å². The predicted molar refractivity (Wildman–Crippen MR) is 63.2 cm³/mol. The van der Waals surface area contributed by atoms with Crippen molar-refractivity contribution in [2.45, 2.75) is 44.8 Å². The molecular weight excluding hydrogens is 204 g/mol. The lowest BCUT2D eigenvalue weighted by Gasteiger charge is -2.32. The van der Waals surface area contributed by atoms with Crippen LogP contribution in [0.15, 0.2) is 12.3 Å². The average molecular weight is 226 g/mol. The molecule has 1 heterocycles. The van der Waals surface area contributed by atoms with Gasteiger partial charge in [-0.05, 0) is 32.3 Å². The molecule has 1 rings (SSSR count). The van der Waals surface area contributed by atoms with Crippen LogP contribution in [0.3, 0.4) is 0 Å². The number of hydrogen-bond acceptors (Lipinski definition) is 3. The zero-order valence-electron chi connectivity index (χ0n) is 10.6. The summed E-state index contributed by atoms with van der Waals surface area (Å²) in [6.07, 6.45) is 3.64. The van der Waals surface area contributed by atoms with Gasteiger partial charge in [-0.15, -0.1) is 0 Å². The van der Waals surface area contributed by atoms with Crippen LogP contribution in [0.1, 0.15) is 32.4 Å². The Hall–Kier alpha value is -0.870. The van der Waals surface area contributed by atoms with Gasteiger partial charge in [-0.3, -0.25) is 4.68 Å². The Morgan fingerprint density at radius 1 is 1.62 bits per heavy atom. The standard InChI is InChI=1S/C12H22N2O2/c1-5-12(2,16-4)11(15)7-6-10-8-9-13-14(10)3/h8-9,11,15H,5-7H2,1-4H3. The molecule has 1 N–H and O–H groups in total. The second-order valence-corrected chi connectivity index (χ2v) is 4.37. The molecular formula is C12H22N2O2. The van der Waals surface area contributed by atoms with Crippen molar-refractivity contribution in [3.63, 3.8) is 0 Å². The van der Waals surface area contributed by atoms with E-state index in [2.05, 4.69) is 5.10 Å². The second kappa shape index (κ2) is 5.46. The highest BCUT2D eigenvalue weighted by Crippen LogP contribution is 2.22. The molecule has 4 nitrogen and oxygen atoms in total. The van der Waals surface area contributed by atoms with Crippen LogP contribution in [-0.2, 0) is 18.2 Å². The number of ether oxygens (including phenoxy) is 1. The summed E-state index contributed by atoms with van der Waals surface area (Å²) in [5, 5.41) is 14.2. The Kier molecular flexibility index (Phi) is 4.50. The predicted octanol–water partition coefficient (Wildman–Crippen LogP) is 1.53. The van der Waals surface area contributed by atoms with Crippen molar-refractivity contribution in [1.82, 2.24) is 9.78 Å². The summed E-state index contributed by atoms with van der Waals surface area (Å²) in [6.45, 7) is 3.97. The second-order valence-electron chi connectivity index (χ2n) is 4.37. The number of aliphatic hydroxyl groups excluding tert-OH is 1. The van der Waals surface area contributed by atoms with Crippen LogP contribution in [0, 0.1) is 0 Å². The molecule has 2 atom stereocenters. The summed E-state index contributed by atoms with van der Waals surface area (Å²) in [5.74, 6) is 0. The van der Waals surface area contributed by atoms with Gasteiger partial charge in [0.1, 0.15) is 0 Å². The molecule has 0 fully saturated rings. The molecule has 0 bridgehead atoms. The number of nitrogens with zero attached hydrogens (tertiary/aromatic N) is 2. The highest BCUT2D eigenvalue weighted by atomic mass is 16.5. The Morgan fingerprint density at radius 2 is 2.31 bits per heavy atom. The molecule has 0 aliphatic carbocycles. The molecule has 0 aromatic carbocycles. The number of aromatic nitrogens is 2. The van der Waals surface area contributed by atoms with E-state index in [1.165, 1.54) is 0 Å². The maximum Gasteiger partial charge on any atom is 0.0905 e. The molecule has 0 aliphatic heterocycles. The van der Waals surface area contributed by atoms with Crippen LogP contribution >= 0.6 is 0 Å². The van der Waals surface area contributed by atoms with E-state index in [1.807, 2.05) is 31.6 Å². The quantitative estimate of drug-likeness (QED) is 0.800. The minimum Gasteiger partial charge on any atom is -0.390 e. The minimum atomic E-state index is -0.447. The normalized spacial score (nSPS) is 17.1. The van der Waals surface area contributed by atoms with E-state index in [0.717, 1.165) is 18.5 Å². The first kappa shape index (κ1) is 13.2. The molecule has 0 saturated carbocycles. The number of aryl methyl sites for hydroxylation is 2. The van der Waals surface area contributed by atoms with E-state index < -0.39 is 11.7 Å². The Balaban J connectivity index is 2.52. The van der Waals surface area contributed by atoms with Gasteiger partial charge in [-0.1, -0.05) is 6.92 Å². The van der Waals surface area contributed by atoms with Crippen molar-refractivity contribution >= 4 is 0 Å². The molecule has 0 saturated heterocycles. The third-order valence-corrected chi connectivity index (χ3v) is 3.47. The van der Waals surface area contributed by atoms with E-state index in [-0.39, 0.29) is 0 Å². The van der Waals surface area contributed by atoms with Gasteiger partial charge in [0.05, 0.1) is 11.7 Å². The first-order chi connectivity index (χ1) is 7.53. The molecule has 0 amide bonds. The fraction of sp³-hybridized carbons (Fsp3) is 0.750. The summed E-state index contributed by atoms with van der Waals surface area (Å²) in [4.78, 5) is 0.